The minimum absolute atomic E-state index is 0.222. The van der Waals surface area contributed by atoms with Gasteiger partial charge in [0.15, 0.2) is 18.4 Å². The van der Waals surface area contributed by atoms with Gasteiger partial charge in [0.1, 0.15) is 18.5 Å². The van der Waals surface area contributed by atoms with Gasteiger partial charge in [0.25, 0.3) is 0 Å². The number of ether oxygens (including phenoxy) is 4. The zero-order valence-corrected chi connectivity index (χ0v) is 21.9. The van der Waals surface area contributed by atoms with E-state index in [0.29, 0.717) is 16.9 Å². The minimum atomic E-state index is -1.33. The molecule has 1 aliphatic rings. The first kappa shape index (κ1) is 23.3. The Morgan fingerprint density at radius 2 is 1.62 bits per heavy atom. The fourth-order valence-electron chi connectivity index (χ4n) is 4.73. The summed E-state index contributed by atoms with van der Waals surface area (Å²) in [5.74, 6) is -2.26. The summed E-state index contributed by atoms with van der Waals surface area (Å²) in [4.78, 5) is 41.2. The second-order valence-corrected chi connectivity index (χ2v) is 9.68. The number of carbonyl (C=O) groups excluding carboxylic acids is 3. The Bertz CT molecular complexity index is 1610. The zero-order valence-electron chi connectivity index (χ0n) is 23.4. The van der Waals surface area contributed by atoms with E-state index >= 15 is 0 Å². The van der Waals surface area contributed by atoms with Crippen molar-refractivity contribution in [1.29, 1.82) is 0 Å². The molecule has 10 nitrogen and oxygen atoms in total. The highest BCUT2D eigenvalue weighted by Gasteiger charge is 2.51. The van der Waals surface area contributed by atoms with E-state index in [0.717, 1.165) is 10.8 Å². The molecule has 4 aromatic rings. The van der Waals surface area contributed by atoms with E-state index in [-0.39, 0.29) is 16.6 Å². The Morgan fingerprint density at radius 1 is 0.974 bits per heavy atom. The summed E-state index contributed by atoms with van der Waals surface area (Å²) in [6, 6.07) is 11.0. The highest BCUT2D eigenvalue weighted by Crippen LogP contribution is 2.39. The Kier molecular flexibility index (Phi) is 6.50. The third kappa shape index (κ3) is 5.59. The van der Waals surface area contributed by atoms with Crippen LogP contribution in [-0.2, 0) is 39.9 Å². The van der Waals surface area contributed by atoms with Crippen LogP contribution in [0.15, 0.2) is 48.8 Å². The summed E-state index contributed by atoms with van der Waals surface area (Å²) in [6.45, 7) is -2.31. The monoisotopic (exact) mass is 576 g/mol. The maximum Gasteiger partial charge on any atom is 0.303 e. The molecule has 4 atom stereocenters. The van der Waals surface area contributed by atoms with Crippen molar-refractivity contribution < 1.29 is 37.4 Å². The second-order valence-electron chi connectivity index (χ2n) is 8.87. The van der Waals surface area contributed by atoms with E-state index in [2.05, 4.69) is 0 Å². The summed E-state index contributed by atoms with van der Waals surface area (Å²) >= 11 is 12.7. The lowest BCUT2D eigenvalue weighted by Gasteiger charge is -2.25. The SMILES string of the molecule is [2H]CC(=O)OC[C@H]1OC(n2c(Cn3cc4ccccc4c3)nc3cc(Cl)c(Cl)cc32)[C@H](OC(=O)C[2H])[C@@H]1OC(=O)C[2H]. The molecular weight excluding hydrogens is 549 g/mol. The molecule has 0 N–H and O–H groups in total. The molecule has 0 saturated carbocycles. The molecule has 2 aromatic carbocycles. The molecule has 204 valence electrons. The van der Waals surface area contributed by atoms with Gasteiger partial charge in [-0.3, -0.25) is 19.0 Å². The normalized spacial score (nSPS) is 21.8. The number of benzene rings is 2. The number of nitrogens with zero attached hydrogens (tertiary/aromatic N) is 3. The molecule has 39 heavy (non-hydrogen) atoms. The van der Waals surface area contributed by atoms with Crippen molar-refractivity contribution in [2.75, 3.05) is 6.61 Å². The predicted molar refractivity (Wildman–Crippen MR) is 142 cm³/mol. The Morgan fingerprint density at radius 3 is 2.28 bits per heavy atom. The van der Waals surface area contributed by atoms with Crippen LogP contribution in [0, 0.1) is 0 Å². The number of imidazole rings is 1. The quantitative estimate of drug-likeness (QED) is 0.230. The van der Waals surface area contributed by atoms with Crippen molar-refractivity contribution in [1.82, 2.24) is 14.1 Å². The van der Waals surface area contributed by atoms with E-state index in [9.17, 15) is 14.4 Å². The average molecular weight is 577 g/mol. The summed E-state index contributed by atoms with van der Waals surface area (Å²) < 4.78 is 48.1. The number of fused-ring (bicyclic) bond motifs is 2. The van der Waals surface area contributed by atoms with Crippen LogP contribution in [0.5, 0.6) is 0 Å². The van der Waals surface area contributed by atoms with Crippen molar-refractivity contribution >= 4 is 62.9 Å². The number of carbonyl (C=O) groups is 3. The van der Waals surface area contributed by atoms with E-state index < -0.39 is 69.8 Å². The van der Waals surface area contributed by atoms with Gasteiger partial charge in [-0.25, -0.2) is 4.98 Å². The standard InChI is InChI=1S/C27H25Cl2N3O7/c1-14(33)36-13-23-25(37-15(2)34)26(38-16(3)35)27(39-23)32-22-9-20(29)19(28)8-21(22)30-24(32)12-31-10-17-6-4-5-7-18(17)11-31/h4-11,23,25-27H,12-13H2,1-3H3/t23-,25-,26-,27?/m1/s1/i1D,2D,3D. The summed E-state index contributed by atoms with van der Waals surface area (Å²) in [5.41, 5.74) is 0.913. The molecule has 0 radical (unpaired) electrons. The van der Waals surface area contributed by atoms with E-state index in [4.69, 9.17) is 51.2 Å². The largest absolute Gasteiger partial charge is 0.463 e. The van der Waals surface area contributed by atoms with E-state index in [1.54, 1.807) is 16.7 Å². The third-order valence-electron chi connectivity index (χ3n) is 6.22. The van der Waals surface area contributed by atoms with Crippen LogP contribution in [0.2, 0.25) is 10.0 Å². The van der Waals surface area contributed by atoms with E-state index in [1.807, 2.05) is 41.2 Å². The van der Waals surface area contributed by atoms with Crippen LogP contribution in [0.1, 0.15) is 36.9 Å². The van der Waals surface area contributed by atoms with Crippen LogP contribution in [0.4, 0.5) is 0 Å². The fraction of sp³-hybridized carbons (Fsp3) is 0.333. The van der Waals surface area contributed by atoms with Crippen LogP contribution in [0.25, 0.3) is 21.8 Å². The van der Waals surface area contributed by atoms with Gasteiger partial charge in [-0.1, -0.05) is 47.5 Å². The van der Waals surface area contributed by atoms with Gasteiger partial charge in [-0.2, -0.15) is 0 Å². The van der Waals surface area contributed by atoms with Crippen molar-refractivity contribution in [3.8, 4) is 0 Å². The van der Waals surface area contributed by atoms with Crippen LogP contribution < -0.4 is 0 Å². The molecule has 0 aliphatic carbocycles. The Labute approximate surface area is 237 Å². The van der Waals surface area contributed by atoms with Gasteiger partial charge in [-0.05, 0) is 22.9 Å². The molecule has 1 fully saturated rings. The average Bonchev–Trinajstić information content (AvgIpc) is 3.64. The van der Waals surface area contributed by atoms with Gasteiger partial charge in [0.2, 0.25) is 0 Å². The van der Waals surface area contributed by atoms with Crippen molar-refractivity contribution in [2.24, 2.45) is 0 Å². The highest BCUT2D eigenvalue weighted by molar-refractivity contribution is 6.42. The lowest BCUT2D eigenvalue weighted by Crippen LogP contribution is -2.40. The number of hydrogen-bond acceptors (Lipinski definition) is 8. The molecule has 0 amide bonds. The second kappa shape index (κ2) is 10.9. The van der Waals surface area contributed by atoms with Crippen LogP contribution in [-0.4, -0.2) is 56.9 Å². The molecule has 2 aromatic heterocycles. The first-order valence-corrected chi connectivity index (χ1v) is 12.5. The number of rotatable bonds is 7. The highest BCUT2D eigenvalue weighted by atomic mass is 35.5. The number of halogens is 2. The van der Waals surface area contributed by atoms with Gasteiger partial charge in [0, 0.05) is 37.2 Å². The van der Waals surface area contributed by atoms with Crippen molar-refractivity contribution in [2.45, 2.75) is 51.8 Å². The first-order chi connectivity index (χ1) is 20.2. The molecule has 3 heterocycles. The molecular formula is C27H25Cl2N3O7. The summed E-state index contributed by atoms with van der Waals surface area (Å²) in [5, 5.41) is 2.49. The molecule has 1 saturated heterocycles. The topological polar surface area (TPSA) is 111 Å². The minimum Gasteiger partial charge on any atom is -0.463 e. The van der Waals surface area contributed by atoms with Crippen LogP contribution in [0.3, 0.4) is 0 Å². The van der Waals surface area contributed by atoms with Crippen LogP contribution >= 0.6 is 23.2 Å². The Balaban J connectivity index is 1.63. The lowest BCUT2D eigenvalue weighted by molar-refractivity contribution is -0.166. The zero-order chi connectivity index (χ0) is 30.0. The fourth-order valence-corrected chi connectivity index (χ4v) is 5.04. The summed E-state index contributed by atoms with van der Waals surface area (Å²) in [7, 11) is 0. The van der Waals surface area contributed by atoms with Crippen molar-refractivity contribution in [3.63, 3.8) is 0 Å². The molecule has 5 rings (SSSR count). The van der Waals surface area contributed by atoms with Gasteiger partial charge < -0.3 is 23.5 Å². The van der Waals surface area contributed by atoms with Crippen molar-refractivity contribution in [3.05, 3.63) is 64.7 Å². The smallest absolute Gasteiger partial charge is 0.303 e. The third-order valence-corrected chi connectivity index (χ3v) is 6.94. The maximum atomic E-state index is 12.4. The number of hydrogen-bond donors (Lipinski definition) is 0. The molecule has 1 aliphatic heterocycles. The van der Waals surface area contributed by atoms with Gasteiger partial charge in [0.05, 0.1) is 27.6 Å². The van der Waals surface area contributed by atoms with Gasteiger partial charge in [-0.15, -0.1) is 0 Å². The number of aromatic nitrogens is 3. The Hall–Kier alpha value is -3.60. The first-order valence-electron chi connectivity index (χ1n) is 13.8. The lowest BCUT2D eigenvalue weighted by atomic mass is 10.1. The maximum absolute atomic E-state index is 12.4. The molecule has 12 heteroatoms. The number of esters is 3. The molecule has 0 spiro atoms. The molecule has 1 unspecified atom stereocenters. The summed E-state index contributed by atoms with van der Waals surface area (Å²) in [6.07, 6.45) is -1.10. The molecule has 0 bridgehead atoms. The predicted octanol–water partition coefficient (Wildman–Crippen LogP) is 4.67. The van der Waals surface area contributed by atoms with E-state index in [1.165, 1.54) is 0 Å². The van der Waals surface area contributed by atoms with Gasteiger partial charge >= 0.3 is 17.9 Å².